The molecule has 0 spiro atoms. The van der Waals surface area contributed by atoms with Gasteiger partial charge in [0.2, 0.25) is 0 Å². The Hall–Kier alpha value is -1.31. The molecule has 0 amide bonds. The molecule has 2 heteroatoms. The first-order valence-electron chi connectivity index (χ1n) is 16.0. The molecule has 5 fully saturated rings. The van der Waals surface area contributed by atoms with E-state index in [4.69, 9.17) is 4.74 Å². The summed E-state index contributed by atoms with van der Waals surface area (Å²) >= 11 is 0. The van der Waals surface area contributed by atoms with E-state index in [2.05, 4.69) is 46.8 Å². The molecule has 0 radical (unpaired) electrons. The Kier molecular flexibility index (Phi) is 7.88. The fraction of sp³-hybridized carbons (Fsp3) is 0.800. The Bertz CT molecular complexity index is 924. The Balaban J connectivity index is 0.000000892. The van der Waals surface area contributed by atoms with Crippen LogP contribution >= 0.6 is 0 Å². The third-order valence-electron chi connectivity index (χ3n) is 12.5. The minimum absolute atomic E-state index is 0.126. The average molecular weight is 507 g/mol. The molecule has 0 aromatic heterocycles. The SMILES string of the molecule is CC1CCCC2(C)C1CCC1(C)C3CCC4(C(=O)OCc5ccccc5)CCCC4C3CCC21.CCC. The summed E-state index contributed by atoms with van der Waals surface area (Å²) in [6.07, 6.45) is 17.1. The molecule has 9 unspecified atom stereocenters. The summed E-state index contributed by atoms with van der Waals surface area (Å²) in [7, 11) is 0. The van der Waals surface area contributed by atoms with E-state index in [9.17, 15) is 4.79 Å². The molecule has 9 atom stereocenters. The van der Waals surface area contributed by atoms with Crippen LogP contribution in [0.5, 0.6) is 0 Å². The van der Waals surface area contributed by atoms with Gasteiger partial charge in [0.05, 0.1) is 5.41 Å². The largest absolute Gasteiger partial charge is 0.460 e. The average Bonchev–Trinajstić information content (AvgIpc) is 3.34. The summed E-state index contributed by atoms with van der Waals surface area (Å²) in [5, 5.41) is 0. The van der Waals surface area contributed by atoms with Gasteiger partial charge in [0.15, 0.2) is 0 Å². The molecule has 0 heterocycles. The lowest BCUT2D eigenvalue weighted by Crippen LogP contribution is -2.60. The molecule has 1 aromatic rings. The van der Waals surface area contributed by atoms with Crippen molar-refractivity contribution in [2.45, 2.75) is 125 Å². The second-order valence-electron chi connectivity index (χ2n) is 14.4. The van der Waals surface area contributed by atoms with Crippen LogP contribution in [-0.4, -0.2) is 5.97 Å². The van der Waals surface area contributed by atoms with Gasteiger partial charge in [-0.3, -0.25) is 4.79 Å². The fourth-order valence-corrected chi connectivity index (χ4v) is 11.1. The first-order chi connectivity index (χ1) is 17.8. The predicted molar refractivity (Wildman–Crippen MR) is 153 cm³/mol. The van der Waals surface area contributed by atoms with Crippen molar-refractivity contribution in [2.75, 3.05) is 0 Å². The molecule has 0 N–H and O–H groups in total. The second-order valence-corrected chi connectivity index (χ2v) is 14.4. The van der Waals surface area contributed by atoms with Gasteiger partial charge in [0.25, 0.3) is 0 Å². The zero-order chi connectivity index (χ0) is 26.3. The Morgan fingerprint density at radius 2 is 1.49 bits per heavy atom. The zero-order valence-electron chi connectivity index (χ0n) is 24.6. The fourth-order valence-electron chi connectivity index (χ4n) is 11.1. The van der Waals surface area contributed by atoms with Gasteiger partial charge in [-0.2, -0.15) is 0 Å². The normalized spacial score (nSPS) is 44.2. The quantitative estimate of drug-likeness (QED) is 0.381. The predicted octanol–water partition coefficient (Wildman–Crippen LogP) is 9.61. The Morgan fingerprint density at radius 1 is 0.811 bits per heavy atom. The number of carbonyl (C=O) groups is 1. The van der Waals surface area contributed by atoms with Crippen molar-refractivity contribution >= 4 is 5.97 Å². The highest BCUT2D eigenvalue weighted by molar-refractivity contribution is 5.78. The van der Waals surface area contributed by atoms with Gasteiger partial charge < -0.3 is 4.74 Å². The highest BCUT2D eigenvalue weighted by Crippen LogP contribution is 2.71. The van der Waals surface area contributed by atoms with Crippen LogP contribution in [0, 0.1) is 51.8 Å². The number of esters is 1. The molecule has 5 aliphatic rings. The van der Waals surface area contributed by atoms with Crippen molar-refractivity contribution in [3.63, 3.8) is 0 Å². The molecule has 0 aliphatic heterocycles. The minimum Gasteiger partial charge on any atom is -0.460 e. The maximum absolute atomic E-state index is 13.7. The lowest BCUT2D eigenvalue weighted by molar-refractivity contribution is -0.193. The third kappa shape index (κ3) is 4.51. The van der Waals surface area contributed by atoms with Crippen molar-refractivity contribution in [3.05, 3.63) is 35.9 Å². The van der Waals surface area contributed by atoms with Crippen LogP contribution in [0.15, 0.2) is 30.3 Å². The van der Waals surface area contributed by atoms with E-state index in [1.807, 2.05) is 18.2 Å². The van der Waals surface area contributed by atoms with E-state index in [0.29, 0.717) is 23.4 Å². The zero-order valence-corrected chi connectivity index (χ0v) is 24.6. The van der Waals surface area contributed by atoms with Crippen molar-refractivity contribution < 1.29 is 9.53 Å². The van der Waals surface area contributed by atoms with E-state index in [0.717, 1.165) is 48.0 Å². The maximum Gasteiger partial charge on any atom is 0.312 e. The van der Waals surface area contributed by atoms with Crippen LogP contribution in [0.25, 0.3) is 0 Å². The Labute approximate surface area is 227 Å². The summed E-state index contributed by atoms with van der Waals surface area (Å²) in [6.45, 7) is 12.6. The molecule has 1 aromatic carbocycles. The summed E-state index contributed by atoms with van der Waals surface area (Å²) in [5.41, 5.74) is 1.94. The summed E-state index contributed by atoms with van der Waals surface area (Å²) in [5.74, 6) is 4.99. The molecule has 206 valence electrons. The van der Waals surface area contributed by atoms with Gasteiger partial charge in [-0.1, -0.05) is 90.6 Å². The summed E-state index contributed by atoms with van der Waals surface area (Å²) in [4.78, 5) is 13.7. The molecule has 6 rings (SSSR count). The van der Waals surface area contributed by atoms with Crippen molar-refractivity contribution in [1.29, 1.82) is 0 Å². The van der Waals surface area contributed by atoms with Crippen molar-refractivity contribution in [3.8, 4) is 0 Å². The highest BCUT2D eigenvalue weighted by atomic mass is 16.5. The Morgan fingerprint density at radius 3 is 2.24 bits per heavy atom. The summed E-state index contributed by atoms with van der Waals surface area (Å²) < 4.78 is 6.04. The second kappa shape index (κ2) is 10.7. The van der Waals surface area contributed by atoms with E-state index >= 15 is 0 Å². The van der Waals surface area contributed by atoms with E-state index in [-0.39, 0.29) is 11.4 Å². The molecule has 37 heavy (non-hydrogen) atoms. The number of benzene rings is 1. The molecule has 2 nitrogen and oxygen atoms in total. The monoisotopic (exact) mass is 506 g/mol. The van der Waals surface area contributed by atoms with Crippen LogP contribution < -0.4 is 0 Å². The van der Waals surface area contributed by atoms with Crippen LogP contribution in [0.2, 0.25) is 0 Å². The molecular formula is C35H54O2. The number of hydrogen-bond donors (Lipinski definition) is 0. The molecule has 0 saturated heterocycles. The van der Waals surface area contributed by atoms with Crippen molar-refractivity contribution in [1.82, 2.24) is 0 Å². The smallest absolute Gasteiger partial charge is 0.312 e. The van der Waals surface area contributed by atoms with Gasteiger partial charge in [-0.25, -0.2) is 0 Å². The topological polar surface area (TPSA) is 26.3 Å². The van der Waals surface area contributed by atoms with E-state index < -0.39 is 0 Å². The number of fused-ring (bicyclic) bond motifs is 7. The van der Waals surface area contributed by atoms with Crippen LogP contribution in [0.1, 0.15) is 124 Å². The molecule has 0 bridgehead atoms. The minimum atomic E-state index is -0.195. The highest BCUT2D eigenvalue weighted by Gasteiger charge is 2.65. The van der Waals surface area contributed by atoms with Crippen LogP contribution in [0.3, 0.4) is 0 Å². The van der Waals surface area contributed by atoms with Gasteiger partial charge in [-0.15, -0.1) is 0 Å². The molecule has 5 saturated carbocycles. The number of ether oxygens (including phenoxy) is 1. The van der Waals surface area contributed by atoms with Crippen LogP contribution in [0.4, 0.5) is 0 Å². The van der Waals surface area contributed by atoms with E-state index in [1.165, 1.54) is 70.6 Å². The summed E-state index contributed by atoms with van der Waals surface area (Å²) in [6, 6.07) is 10.2. The number of hydrogen-bond acceptors (Lipinski definition) is 2. The first-order valence-corrected chi connectivity index (χ1v) is 16.0. The standard InChI is InChI=1S/C32H46O2.C3H8/c1-22-9-7-17-30(2)25(22)15-19-31(3)26-16-20-32(29(33)34-21-23-10-5-4-6-11-23)18-8-12-27(32)24(26)13-14-28(30)31;1-3-2/h4-6,10-11,22,24-28H,7-9,12-21H2,1-3H3;3H2,1-2H3. The van der Waals surface area contributed by atoms with E-state index in [1.54, 1.807) is 0 Å². The van der Waals surface area contributed by atoms with Gasteiger partial charge in [-0.05, 0) is 110 Å². The lowest BCUT2D eigenvalue weighted by Gasteiger charge is -2.67. The number of carbonyl (C=O) groups excluding carboxylic acids is 1. The molecular weight excluding hydrogens is 452 g/mol. The van der Waals surface area contributed by atoms with Crippen molar-refractivity contribution in [2.24, 2.45) is 51.8 Å². The molecule has 5 aliphatic carbocycles. The number of rotatable bonds is 3. The maximum atomic E-state index is 13.7. The van der Waals surface area contributed by atoms with Crippen LogP contribution in [-0.2, 0) is 16.1 Å². The van der Waals surface area contributed by atoms with Gasteiger partial charge >= 0.3 is 5.97 Å². The third-order valence-corrected chi connectivity index (χ3v) is 12.5. The van der Waals surface area contributed by atoms with Gasteiger partial charge in [0.1, 0.15) is 6.61 Å². The first kappa shape index (κ1) is 27.3. The lowest BCUT2D eigenvalue weighted by atomic mass is 9.38. The van der Waals surface area contributed by atoms with Gasteiger partial charge in [0, 0.05) is 0 Å².